The maximum Gasteiger partial charge on any atom is 0.193 e. The van der Waals surface area contributed by atoms with Gasteiger partial charge in [-0.05, 0) is 42.8 Å². The standard InChI is InChI=1S/C18H17FN2O3/c1-12-10-13(19)2-4-15(12)16-5-3-14(11-20-16)24-9-8-21-17(22)6-7-18(21)23/h2-7,10-11,22-23H,8-9H2,1H3. The van der Waals surface area contributed by atoms with Gasteiger partial charge in [-0.1, -0.05) is 0 Å². The largest absolute Gasteiger partial charge is 0.494 e. The van der Waals surface area contributed by atoms with Crippen molar-refractivity contribution in [2.75, 3.05) is 6.61 Å². The Morgan fingerprint density at radius 2 is 1.83 bits per heavy atom. The number of rotatable bonds is 5. The van der Waals surface area contributed by atoms with E-state index in [1.165, 1.54) is 28.8 Å². The Morgan fingerprint density at radius 1 is 1.08 bits per heavy atom. The van der Waals surface area contributed by atoms with Crippen molar-refractivity contribution in [1.29, 1.82) is 0 Å². The van der Waals surface area contributed by atoms with Crippen molar-refractivity contribution in [2.45, 2.75) is 13.5 Å². The molecule has 0 atom stereocenters. The Bertz CT molecular complexity index is 824. The molecular formula is C18H17FN2O3. The van der Waals surface area contributed by atoms with E-state index in [2.05, 4.69) is 4.98 Å². The van der Waals surface area contributed by atoms with Crippen LogP contribution in [0.15, 0.2) is 48.7 Å². The summed E-state index contributed by atoms with van der Waals surface area (Å²) in [5.41, 5.74) is 2.42. The van der Waals surface area contributed by atoms with Crippen LogP contribution in [-0.4, -0.2) is 26.4 Å². The fourth-order valence-electron chi connectivity index (χ4n) is 2.47. The van der Waals surface area contributed by atoms with Crippen LogP contribution < -0.4 is 4.74 Å². The fraction of sp³-hybridized carbons (Fsp3) is 0.167. The van der Waals surface area contributed by atoms with Crippen LogP contribution in [0.4, 0.5) is 4.39 Å². The van der Waals surface area contributed by atoms with Gasteiger partial charge in [-0.15, -0.1) is 0 Å². The summed E-state index contributed by atoms with van der Waals surface area (Å²) in [7, 11) is 0. The molecule has 0 aliphatic carbocycles. The van der Waals surface area contributed by atoms with Crippen LogP contribution in [0.2, 0.25) is 0 Å². The molecule has 0 fully saturated rings. The van der Waals surface area contributed by atoms with Gasteiger partial charge >= 0.3 is 0 Å². The topological polar surface area (TPSA) is 67.5 Å². The lowest BCUT2D eigenvalue weighted by atomic mass is 10.1. The van der Waals surface area contributed by atoms with Crippen molar-refractivity contribution < 1.29 is 19.3 Å². The highest BCUT2D eigenvalue weighted by Gasteiger charge is 2.07. The van der Waals surface area contributed by atoms with Gasteiger partial charge in [-0.3, -0.25) is 9.55 Å². The molecule has 1 aromatic carbocycles. The number of ether oxygens (including phenoxy) is 1. The Balaban J connectivity index is 1.64. The van der Waals surface area contributed by atoms with Crippen molar-refractivity contribution in [3.63, 3.8) is 0 Å². The third-order valence-corrected chi connectivity index (χ3v) is 3.72. The molecule has 24 heavy (non-hydrogen) atoms. The Hall–Kier alpha value is -3.02. The number of halogens is 1. The first kappa shape index (κ1) is 15.9. The molecule has 0 bridgehead atoms. The van der Waals surface area contributed by atoms with Crippen LogP contribution in [0, 0.1) is 12.7 Å². The predicted octanol–water partition coefficient (Wildman–Crippen LogP) is 3.49. The van der Waals surface area contributed by atoms with E-state index in [1.54, 1.807) is 24.4 Å². The zero-order valence-corrected chi connectivity index (χ0v) is 13.1. The second kappa shape index (κ2) is 6.62. The molecule has 0 radical (unpaired) electrons. The molecular weight excluding hydrogens is 311 g/mol. The van der Waals surface area contributed by atoms with Crippen molar-refractivity contribution in [3.8, 4) is 28.8 Å². The molecule has 2 heterocycles. The van der Waals surface area contributed by atoms with Crippen LogP contribution >= 0.6 is 0 Å². The predicted molar refractivity (Wildman–Crippen MR) is 87.6 cm³/mol. The zero-order valence-electron chi connectivity index (χ0n) is 13.1. The van der Waals surface area contributed by atoms with Crippen LogP contribution in [0.25, 0.3) is 11.3 Å². The summed E-state index contributed by atoms with van der Waals surface area (Å²) in [5.74, 6) is 0.269. The smallest absolute Gasteiger partial charge is 0.193 e. The lowest BCUT2D eigenvalue weighted by molar-refractivity contribution is 0.274. The monoisotopic (exact) mass is 328 g/mol. The Kier molecular flexibility index (Phi) is 4.37. The molecule has 0 unspecified atom stereocenters. The lowest BCUT2D eigenvalue weighted by Gasteiger charge is -2.10. The molecule has 0 saturated heterocycles. The van der Waals surface area contributed by atoms with Gasteiger partial charge < -0.3 is 14.9 Å². The molecule has 124 valence electrons. The number of pyridine rings is 1. The Morgan fingerprint density at radius 3 is 2.46 bits per heavy atom. The van der Waals surface area contributed by atoms with Crippen LogP contribution in [-0.2, 0) is 6.54 Å². The molecule has 2 N–H and O–H groups in total. The van der Waals surface area contributed by atoms with Crippen molar-refractivity contribution in [1.82, 2.24) is 9.55 Å². The van der Waals surface area contributed by atoms with Crippen molar-refractivity contribution in [3.05, 3.63) is 60.0 Å². The first-order valence-electron chi connectivity index (χ1n) is 7.47. The highest BCUT2D eigenvalue weighted by Crippen LogP contribution is 2.24. The van der Waals surface area contributed by atoms with Gasteiger partial charge in [0.1, 0.15) is 18.2 Å². The molecule has 0 aliphatic heterocycles. The molecule has 2 aromatic heterocycles. The summed E-state index contributed by atoms with van der Waals surface area (Å²) < 4.78 is 20.1. The number of hydrogen-bond donors (Lipinski definition) is 2. The quantitative estimate of drug-likeness (QED) is 0.752. The summed E-state index contributed by atoms with van der Waals surface area (Å²) >= 11 is 0. The summed E-state index contributed by atoms with van der Waals surface area (Å²) in [6, 6.07) is 11.0. The number of aryl methyl sites for hydroxylation is 1. The molecule has 0 amide bonds. The maximum atomic E-state index is 13.2. The highest BCUT2D eigenvalue weighted by molar-refractivity contribution is 5.63. The van der Waals surface area contributed by atoms with E-state index >= 15 is 0 Å². The number of aromatic nitrogens is 2. The van der Waals surface area contributed by atoms with Crippen molar-refractivity contribution >= 4 is 0 Å². The Labute approximate surface area is 138 Å². The fourth-order valence-corrected chi connectivity index (χ4v) is 2.47. The zero-order chi connectivity index (χ0) is 17.1. The number of benzene rings is 1. The summed E-state index contributed by atoms with van der Waals surface area (Å²) in [6.07, 6.45) is 1.59. The molecule has 0 aliphatic rings. The van der Waals surface area contributed by atoms with E-state index in [0.717, 1.165) is 16.8 Å². The lowest BCUT2D eigenvalue weighted by Crippen LogP contribution is -2.07. The SMILES string of the molecule is Cc1cc(F)ccc1-c1ccc(OCCn2c(O)ccc2O)cn1. The molecule has 6 heteroatoms. The van der Waals surface area contributed by atoms with Gasteiger partial charge in [-0.2, -0.15) is 0 Å². The molecule has 5 nitrogen and oxygen atoms in total. The van der Waals surface area contributed by atoms with Crippen LogP contribution in [0.3, 0.4) is 0 Å². The summed E-state index contributed by atoms with van der Waals surface area (Å²) in [4.78, 5) is 4.34. The third kappa shape index (κ3) is 3.32. The van der Waals surface area contributed by atoms with Gasteiger partial charge in [0, 0.05) is 17.7 Å². The number of hydrogen-bond acceptors (Lipinski definition) is 4. The number of aromatic hydroxyl groups is 2. The molecule has 3 rings (SSSR count). The minimum atomic E-state index is -0.271. The van der Waals surface area contributed by atoms with E-state index in [4.69, 9.17) is 4.74 Å². The highest BCUT2D eigenvalue weighted by atomic mass is 19.1. The van der Waals surface area contributed by atoms with E-state index in [1.807, 2.05) is 6.92 Å². The first-order valence-corrected chi connectivity index (χ1v) is 7.47. The summed E-state index contributed by atoms with van der Waals surface area (Å²) in [5, 5.41) is 19.1. The summed E-state index contributed by atoms with van der Waals surface area (Å²) in [6.45, 7) is 2.41. The van der Waals surface area contributed by atoms with Gasteiger partial charge in [0.25, 0.3) is 0 Å². The van der Waals surface area contributed by atoms with Crippen LogP contribution in [0.5, 0.6) is 17.5 Å². The third-order valence-electron chi connectivity index (χ3n) is 3.72. The van der Waals surface area contributed by atoms with Crippen molar-refractivity contribution in [2.24, 2.45) is 0 Å². The van der Waals surface area contributed by atoms with Gasteiger partial charge in [0.2, 0.25) is 0 Å². The normalized spacial score (nSPS) is 10.8. The average molecular weight is 328 g/mol. The maximum absolute atomic E-state index is 13.2. The van der Waals surface area contributed by atoms with E-state index in [9.17, 15) is 14.6 Å². The van der Waals surface area contributed by atoms with Gasteiger partial charge in [-0.25, -0.2) is 4.39 Å². The van der Waals surface area contributed by atoms with Gasteiger partial charge in [0.15, 0.2) is 11.8 Å². The van der Waals surface area contributed by atoms with E-state index in [0.29, 0.717) is 12.3 Å². The van der Waals surface area contributed by atoms with Crippen LogP contribution in [0.1, 0.15) is 5.56 Å². The number of nitrogens with zero attached hydrogens (tertiary/aromatic N) is 2. The molecule has 0 spiro atoms. The molecule has 0 saturated carbocycles. The minimum absolute atomic E-state index is 0.0173. The van der Waals surface area contributed by atoms with E-state index in [-0.39, 0.29) is 24.2 Å². The van der Waals surface area contributed by atoms with E-state index < -0.39 is 0 Å². The minimum Gasteiger partial charge on any atom is -0.494 e. The second-order valence-electron chi connectivity index (χ2n) is 5.39. The van der Waals surface area contributed by atoms with Gasteiger partial charge in [0.05, 0.1) is 18.4 Å². The first-order chi connectivity index (χ1) is 11.5. The average Bonchev–Trinajstić information content (AvgIpc) is 2.88. The molecule has 3 aromatic rings. The second-order valence-corrected chi connectivity index (χ2v) is 5.39.